The number of amides is 2. The van der Waals surface area contributed by atoms with Gasteiger partial charge < -0.3 is 5.32 Å². The number of anilines is 1. The van der Waals surface area contributed by atoms with Gasteiger partial charge in [-0.3, -0.25) is 9.29 Å². The Morgan fingerprint density at radius 1 is 1.08 bits per heavy atom. The minimum absolute atomic E-state index is 0.125. The fraction of sp³-hybridized carbons (Fsp3) is 0.0741. The number of nitrogens with one attached hydrogen (secondary N) is 2. The molecule has 0 aliphatic heterocycles. The number of para-hydroxylation sites is 1. The molecule has 0 atom stereocenters. The summed E-state index contributed by atoms with van der Waals surface area (Å²) in [6.07, 6.45) is 3.29. The van der Waals surface area contributed by atoms with Gasteiger partial charge >= 0.3 is 11.5 Å². The highest BCUT2D eigenvalue weighted by Crippen LogP contribution is 2.37. The highest BCUT2D eigenvalue weighted by atomic mass is 35.5. The normalized spacial score (nSPS) is 11.9. The van der Waals surface area contributed by atoms with Crippen LogP contribution < -0.4 is 10.0 Å². The summed E-state index contributed by atoms with van der Waals surface area (Å²) >= 11 is 6.88. The molecule has 1 heterocycles. The molecule has 0 saturated heterocycles. The molecular weight excluding hydrogens is 567 g/mol. The van der Waals surface area contributed by atoms with E-state index in [1.807, 2.05) is 54.0 Å². The van der Waals surface area contributed by atoms with E-state index in [0.29, 0.717) is 16.4 Å². The van der Waals surface area contributed by atoms with Crippen LogP contribution in [0.3, 0.4) is 0 Å². The van der Waals surface area contributed by atoms with Crippen LogP contribution in [0, 0.1) is 6.92 Å². The summed E-state index contributed by atoms with van der Waals surface area (Å²) in [5.74, 6) is 0. The Kier molecular flexibility index (Phi) is 7.74. The van der Waals surface area contributed by atoms with Crippen molar-refractivity contribution in [3.8, 4) is 5.69 Å². The number of imidazole rings is 1. The molecule has 0 bridgehead atoms. The third kappa shape index (κ3) is 6.32. The molecule has 0 spiro atoms. The molecule has 1 aromatic heterocycles. The summed E-state index contributed by atoms with van der Waals surface area (Å²) in [6, 6.07) is 20.7. The zero-order chi connectivity index (χ0) is 27.6. The van der Waals surface area contributed by atoms with E-state index in [9.17, 15) is 18.0 Å². The van der Waals surface area contributed by atoms with Gasteiger partial charge in [0.25, 0.3) is 0 Å². The van der Waals surface area contributed by atoms with Crippen molar-refractivity contribution >= 4 is 75.2 Å². The summed E-state index contributed by atoms with van der Waals surface area (Å²) in [7, 11) is 0. The smallest absolute Gasteiger partial charge is 0.306 e. The van der Waals surface area contributed by atoms with Crippen LogP contribution in [0.1, 0.15) is 11.1 Å². The minimum atomic E-state index is -4.33. The highest BCUT2D eigenvalue weighted by Gasteiger charge is 2.29. The Hall–Kier alpha value is -3.67. The zero-order valence-corrected chi connectivity index (χ0v) is 22.6. The first-order valence-electron chi connectivity index (χ1n) is 11.5. The van der Waals surface area contributed by atoms with Gasteiger partial charge in [0.15, 0.2) is 0 Å². The number of hydrogen-bond donors (Lipinski definition) is 2. The quantitative estimate of drug-likeness (QED) is 0.119. The van der Waals surface area contributed by atoms with E-state index in [-0.39, 0.29) is 16.7 Å². The van der Waals surface area contributed by atoms with E-state index in [1.54, 1.807) is 30.7 Å². The van der Waals surface area contributed by atoms with Gasteiger partial charge in [-0.1, -0.05) is 41.9 Å². The average Bonchev–Trinajstić information content (AvgIpc) is 3.33. The number of carbonyl (C=O) groups is 1. The van der Waals surface area contributed by atoms with Crippen molar-refractivity contribution in [1.82, 2.24) is 14.3 Å². The predicted molar refractivity (Wildman–Crippen MR) is 154 cm³/mol. The predicted octanol–water partition coefficient (Wildman–Crippen LogP) is 8.56. The van der Waals surface area contributed by atoms with E-state index in [4.69, 9.17) is 11.6 Å². The number of hydrogen-bond acceptors (Lipinski definition) is 5. The number of carbonyl (C=O) groups excluding carboxylic acids is 1. The molecule has 4 aromatic carbocycles. The number of fused-ring (bicyclic) bond motifs is 3. The molecule has 39 heavy (non-hydrogen) atoms. The molecule has 0 radical (unpaired) electrons. The SMILES string of the molecule is Cc1cccc(Cl)c1NC(=O)NS/N=C/c1ccc2c(ccc3c2ncn3-c2ccc(SC(F)(F)F)cc2)c1. The second-order valence-corrected chi connectivity index (χ2v) is 10.5. The number of benzene rings is 4. The molecule has 0 aliphatic carbocycles. The number of urea groups is 1. The molecule has 0 fully saturated rings. The van der Waals surface area contributed by atoms with Crippen LogP contribution >= 0.6 is 35.5 Å². The fourth-order valence-electron chi connectivity index (χ4n) is 4.01. The molecule has 2 amide bonds. The molecule has 6 nitrogen and oxygen atoms in total. The van der Waals surface area contributed by atoms with Crippen LogP contribution in [0.5, 0.6) is 0 Å². The van der Waals surface area contributed by atoms with E-state index in [0.717, 1.165) is 45.1 Å². The van der Waals surface area contributed by atoms with Gasteiger partial charge in [-0.05, 0) is 77.7 Å². The topological polar surface area (TPSA) is 71.3 Å². The lowest BCUT2D eigenvalue weighted by Crippen LogP contribution is -2.22. The molecular formula is C27H19ClF3N5OS2. The Morgan fingerprint density at radius 3 is 2.62 bits per heavy atom. The third-order valence-electron chi connectivity index (χ3n) is 5.76. The van der Waals surface area contributed by atoms with Crippen molar-refractivity contribution in [2.45, 2.75) is 17.3 Å². The monoisotopic (exact) mass is 585 g/mol. The van der Waals surface area contributed by atoms with Crippen LogP contribution in [0.4, 0.5) is 23.7 Å². The maximum Gasteiger partial charge on any atom is 0.446 e. The number of aromatic nitrogens is 2. The molecule has 0 aliphatic rings. The Morgan fingerprint density at radius 2 is 1.87 bits per heavy atom. The van der Waals surface area contributed by atoms with Crippen LogP contribution in [0.2, 0.25) is 5.02 Å². The lowest BCUT2D eigenvalue weighted by Gasteiger charge is -2.09. The van der Waals surface area contributed by atoms with Crippen molar-refractivity contribution in [3.63, 3.8) is 0 Å². The molecule has 198 valence electrons. The summed E-state index contributed by atoms with van der Waals surface area (Å²) in [4.78, 5) is 16.9. The van der Waals surface area contributed by atoms with Gasteiger partial charge in [0.2, 0.25) is 0 Å². The van der Waals surface area contributed by atoms with Crippen molar-refractivity contribution in [3.05, 3.63) is 95.3 Å². The molecule has 12 heteroatoms. The number of halogens is 4. The summed E-state index contributed by atoms with van der Waals surface area (Å²) in [6.45, 7) is 1.85. The van der Waals surface area contributed by atoms with Crippen LogP contribution in [0.15, 0.2) is 88.4 Å². The number of alkyl halides is 3. The fourth-order valence-corrected chi connectivity index (χ4v) is 5.18. The first kappa shape index (κ1) is 26.9. The van der Waals surface area contributed by atoms with Crippen molar-refractivity contribution < 1.29 is 18.0 Å². The van der Waals surface area contributed by atoms with Gasteiger partial charge in [-0.15, -0.1) is 0 Å². The van der Waals surface area contributed by atoms with Crippen molar-refractivity contribution in [2.75, 3.05) is 5.32 Å². The maximum atomic E-state index is 12.6. The Bertz CT molecular complexity index is 1680. The molecule has 2 N–H and O–H groups in total. The summed E-state index contributed by atoms with van der Waals surface area (Å²) in [5, 5.41) is 5.03. The van der Waals surface area contributed by atoms with Gasteiger partial charge in [0.05, 0.1) is 33.9 Å². The van der Waals surface area contributed by atoms with E-state index < -0.39 is 11.5 Å². The molecule has 0 unspecified atom stereocenters. The van der Waals surface area contributed by atoms with Crippen molar-refractivity contribution in [2.24, 2.45) is 4.40 Å². The van der Waals surface area contributed by atoms with Gasteiger partial charge in [0, 0.05) is 22.2 Å². The first-order chi connectivity index (χ1) is 18.7. The zero-order valence-electron chi connectivity index (χ0n) is 20.2. The number of rotatable bonds is 6. The van der Waals surface area contributed by atoms with E-state index in [1.165, 1.54) is 12.1 Å². The second-order valence-electron chi connectivity index (χ2n) is 8.38. The molecule has 5 aromatic rings. The first-order valence-corrected chi connectivity index (χ1v) is 13.4. The summed E-state index contributed by atoms with van der Waals surface area (Å²) in [5.41, 5.74) is 0.209. The van der Waals surface area contributed by atoms with Gasteiger partial charge in [-0.25, -0.2) is 14.2 Å². The van der Waals surface area contributed by atoms with Gasteiger partial charge in [-0.2, -0.15) is 13.2 Å². The third-order valence-corrected chi connectivity index (χ3v) is 7.30. The second kappa shape index (κ2) is 11.2. The maximum absolute atomic E-state index is 12.6. The highest BCUT2D eigenvalue weighted by molar-refractivity contribution is 8.00. The minimum Gasteiger partial charge on any atom is -0.306 e. The average molecular weight is 586 g/mol. The Balaban J connectivity index is 1.27. The van der Waals surface area contributed by atoms with E-state index in [2.05, 4.69) is 19.4 Å². The summed E-state index contributed by atoms with van der Waals surface area (Å²) < 4.78 is 46.5. The molecule has 5 rings (SSSR count). The van der Waals surface area contributed by atoms with Crippen LogP contribution in [0.25, 0.3) is 27.5 Å². The van der Waals surface area contributed by atoms with Crippen LogP contribution in [-0.4, -0.2) is 27.3 Å². The lowest BCUT2D eigenvalue weighted by atomic mass is 10.1. The molecule has 0 saturated carbocycles. The number of aryl methyl sites for hydroxylation is 1. The van der Waals surface area contributed by atoms with Crippen molar-refractivity contribution in [1.29, 1.82) is 0 Å². The van der Waals surface area contributed by atoms with Crippen LogP contribution in [-0.2, 0) is 0 Å². The van der Waals surface area contributed by atoms with E-state index >= 15 is 0 Å². The Labute approximate surface area is 234 Å². The number of thioether (sulfide) groups is 1. The largest absolute Gasteiger partial charge is 0.446 e. The van der Waals surface area contributed by atoms with Gasteiger partial charge in [0.1, 0.15) is 6.33 Å². The lowest BCUT2D eigenvalue weighted by molar-refractivity contribution is -0.0328. The number of nitrogens with zero attached hydrogens (tertiary/aromatic N) is 3. The standard InChI is InChI=1S/C27H19ClF3N5OS2/c1-16-3-2-4-22(28)24(16)34-26(37)35-39-33-14-17-5-11-21-18(13-17)6-12-23-25(21)32-15-36(23)19-7-9-20(10-8-19)38-27(29,30)31/h2-15H,1H3,(H2,34,35,37)/b33-14+.